The van der Waals surface area contributed by atoms with Gasteiger partial charge in [0.05, 0.1) is 23.3 Å². The number of hydrogen-bond acceptors (Lipinski definition) is 6. The minimum atomic E-state index is -0.940. The van der Waals surface area contributed by atoms with Gasteiger partial charge in [-0.05, 0) is 13.8 Å². The Balaban J connectivity index is 2.39. The quantitative estimate of drug-likeness (QED) is 0.497. The summed E-state index contributed by atoms with van der Waals surface area (Å²) < 4.78 is 5.60. The molecule has 3 N–H and O–H groups in total. The van der Waals surface area contributed by atoms with Crippen LogP contribution in [0.25, 0.3) is 5.76 Å². The fourth-order valence-corrected chi connectivity index (χ4v) is 3.04. The molecule has 1 aliphatic carbocycles. The molecule has 0 radical (unpaired) electrons. The number of phenolic OH excluding ortho intramolecular Hbond substituents is 2. The number of phenols is 2. The maximum Gasteiger partial charge on any atom is 0.237 e. The van der Waals surface area contributed by atoms with Crippen molar-refractivity contribution in [2.24, 2.45) is 0 Å². The summed E-state index contributed by atoms with van der Waals surface area (Å²) in [5.74, 6) is -3.09. The van der Waals surface area contributed by atoms with E-state index in [2.05, 4.69) is 0 Å². The highest BCUT2D eigenvalue weighted by atomic mass is 16.5. The minimum absolute atomic E-state index is 0.200. The van der Waals surface area contributed by atoms with Gasteiger partial charge >= 0.3 is 0 Å². The Morgan fingerprint density at radius 1 is 1.10 bits per heavy atom. The number of allylic oxidation sites excluding steroid dienone is 1. The number of benzene rings is 1. The molecule has 0 bridgehead atoms. The predicted octanol–water partition coefficient (Wildman–Crippen LogP) is 1.78. The minimum Gasteiger partial charge on any atom is -0.507 e. The van der Waals surface area contributed by atoms with Gasteiger partial charge in [0.15, 0.2) is 0 Å². The van der Waals surface area contributed by atoms with E-state index >= 15 is 0 Å². The lowest BCUT2D eigenvalue weighted by Crippen LogP contribution is -2.26. The summed E-state index contributed by atoms with van der Waals surface area (Å²) in [6, 6.07) is 0. The summed E-state index contributed by atoms with van der Waals surface area (Å²) in [5, 5.41) is 30.6. The molecule has 21 heavy (non-hydrogen) atoms. The Kier molecular flexibility index (Phi) is 2.81. The summed E-state index contributed by atoms with van der Waals surface area (Å²) in [4.78, 5) is 23.5. The second-order valence-electron chi connectivity index (χ2n) is 5.36. The number of aliphatic hydroxyl groups is 1. The molecule has 1 aromatic rings. The number of aromatic hydroxyl groups is 2. The van der Waals surface area contributed by atoms with E-state index in [9.17, 15) is 24.9 Å². The fraction of sp³-hybridized carbons (Fsp3) is 0.333. The number of carbonyl (C=O) groups excluding carboxylic acids is 2. The van der Waals surface area contributed by atoms with Gasteiger partial charge in [0.25, 0.3) is 0 Å². The normalized spacial score (nSPS) is 24.4. The first kappa shape index (κ1) is 13.6. The third-order valence-corrected chi connectivity index (χ3v) is 3.90. The van der Waals surface area contributed by atoms with Crippen LogP contribution in [0.15, 0.2) is 6.08 Å². The van der Waals surface area contributed by atoms with Gasteiger partial charge in [0, 0.05) is 23.6 Å². The van der Waals surface area contributed by atoms with Crippen molar-refractivity contribution in [3.63, 3.8) is 0 Å². The fourth-order valence-electron chi connectivity index (χ4n) is 3.04. The van der Waals surface area contributed by atoms with E-state index in [1.165, 1.54) is 0 Å². The van der Waals surface area contributed by atoms with Gasteiger partial charge in [-0.15, -0.1) is 0 Å². The Hall–Kier alpha value is -2.34. The average Bonchev–Trinajstić information content (AvgIpc) is 2.39. The van der Waals surface area contributed by atoms with Crippen LogP contribution in [0.5, 0.6) is 11.5 Å². The van der Waals surface area contributed by atoms with Crippen LogP contribution in [0.3, 0.4) is 0 Å². The van der Waals surface area contributed by atoms with Crippen LogP contribution in [-0.4, -0.2) is 33.0 Å². The van der Waals surface area contributed by atoms with Crippen LogP contribution in [0.2, 0.25) is 0 Å². The Labute approximate surface area is 120 Å². The van der Waals surface area contributed by atoms with Crippen LogP contribution < -0.4 is 0 Å². The van der Waals surface area contributed by atoms with E-state index in [1.807, 2.05) is 0 Å². The molecule has 0 unspecified atom stereocenters. The second-order valence-corrected chi connectivity index (χ2v) is 5.36. The molecule has 1 aliphatic heterocycles. The molecule has 6 heteroatoms. The molecule has 6 nitrogen and oxygen atoms in total. The zero-order valence-corrected chi connectivity index (χ0v) is 11.5. The summed E-state index contributed by atoms with van der Waals surface area (Å²) in [7, 11) is 0. The molecule has 2 aliphatic rings. The maximum absolute atomic E-state index is 12.0. The molecule has 0 saturated carbocycles. The van der Waals surface area contributed by atoms with Crippen molar-refractivity contribution in [3.05, 3.63) is 28.3 Å². The summed E-state index contributed by atoms with van der Waals surface area (Å²) in [6.45, 7) is 3.51. The van der Waals surface area contributed by atoms with E-state index < -0.39 is 23.4 Å². The van der Waals surface area contributed by atoms with Gasteiger partial charge in [-0.3, -0.25) is 9.59 Å². The molecule has 2 atom stereocenters. The van der Waals surface area contributed by atoms with E-state index in [4.69, 9.17) is 4.74 Å². The van der Waals surface area contributed by atoms with Gasteiger partial charge in [-0.2, -0.15) is 0 Å². The van der Waals surface area contributed by atoms with E-state index in [-0.39, 0.29) is 28.7 Å². The molecule has 0 amide bonds. The molecule has 1 heterocycles. The van der Waals surface area contributed by atoms with Crippen LogP contribution in [-0.2, 0) is 16.0 Å². The van der Waals surface area contributed by atoms with E-state index in [1.54, 1.807) is 13.8 Å². The zero-order chi connectivity index (χ0) is 15.5. The van der Waals surface area contributed by atoms with Crippen molar-refractivity contribution in [2.45, 2.75) is 32.5 Å². The van der Waals surface area contributed by atoms with Gasteiger partial charge in [-0.1, -0.05) is 0 Å². The lowest BCUT2D eigenvalue weighted by atomic mass is 9.83. The first-order chi connectivity index (χ1) is 9.82. The first-order valence-corrected chi connectivity index (χ1v) is 6.58. The Morgan fingerprint density at radius 3 is 2.43 bits per heavy atom. The average molecular weight is 290 g/mol. The van der Waals surface area contributed by atoms with Crippen molar-refractivity contribution >= 4 is 17.3 Å². The van der Waals surface area contributed by atoms with Crippen molar-refractivity contribution in [2.75, 3.05) is 0 Å². The second kappa shape index (κ2) is 4.33. The molecule has 0 spiro atoms. The van der Waals surface area contributed by atoms with E-state index in [0.29, 0.717) is 17.5 Å². The highest BCUT2D eigenvalue weighted by Gasteiger charge is 2.38. The van der Waals surface area contributed by atoms with Crippen LogP contribution in [0.1, 0.15) is 47.0 Å². The number of ketones is 2. The van der Waals surface area contributed by atoms with Crippen LogP contribution >= 0.6 is 0 Å². The number of Topliss-reactive ketones (excluding diaryl/α,β-unsaturated/α-hetero) is 1. The Bertz CT molecular complexity index is 716. The number of fused-ring (bicyclic) bond motifs is 2. The molecule has 110 valence electrons. The molecule has 0 fully saturated rings. The largest absolute Gasteiger partial charge is 0.507 e. The van der Waals surface area contributed by atoms with Crippen molar-refractivity contribution in [1.82, 2.24) is 0 Å². The number of aliphatic hydroxyl groups excluding tert-OH is 1. The van der Waals surface area contributed by atoms with Crippen molar-refractivity contribution in [3.8, 4) is 11.5 Å². The number of rotatable bonds is 0. The van der Waals surface area contributed by atoms with Crippen LogP contribution in [0.4, 0.5) is 0 Å². The summed E-state index contributed by atoms with van der Waals surface area (Å²) in [6.07, 6.45) is 0.348. The topological polar surface area (TPSA) is 104 Å². The van der Waals surface area contributed by atoms with E-state index in [0.717, 1.165) is 6.08 Å². The molecule has 0 aromatic heterocycles. The number of carbonyl (C=O) groups is 2. The summed E-state index contributed by atoms with van der Waals surface area (Å²) in [5.41, 5.74) is 0.179. The third kappa shape index (κ3) is 1.76. The highest BCUT2D eigenvalue weighted by molar-refractivity contribution is 6.51. The lowest BCUT2D eigenvalue weighted by molar-refractivity contribution is -0.111. The SMILES string of the molecule is C[C@H]1Cc2c(O)c3c(c(O)c2[C@@H](C)O1)C(O)=CC(=O)C3=O. The zero-order valence-electron chi connectivity index (χ0n) is 11.5. The van der Waals surface area contributed by atoms with Gasteiger partial charge < -0.3 is 20.1 Å². The molecule has 1 aromatic carbocycles. The molecule has 3 rings (SSSR count). The van der Waals surface area contributed by atoms with Gasteiger partial charge in [0.1, 0.15) is 17.3 Å². The molecule has 0 saturated heterocycles. The predicted molar refractivity (Wildman–Crippen MR) is 72.4 cm³/mol. The van der Waals surface area contributed by atoms with Gasteiger partial charge in [-0.25, -0.2) is 0 Å². The number of hydrogen-bond donors (Lipinski definition) is 3. The lowest BCUT2D eigenvalue weighted by Gasteiger charge is -2.31. The maximum atomic E-state index is 12.0. The molecular weight excluding hydrogens is 276 g/mol. The van der Waals surface area contributed by atoms with Gasteiger partial charge in [0.2, 0.25) is 11.6 Å². The third-order valence-electron chi connectivity index (χ3n) is 3.90. The monoisotopic (exact) mass is 290 g/mol. The first-order valence-electron chi connectivity index (χ1n) is 6.58. The van der Waals surface area contributed by atoms with Crippen molar-refractivity contribution in [1.29, 1.82) is 0 Å². The standard InChI is InChI=1S/C15H14O6/c1-5-3-7-10(6(2)21-5)15(20)11-8(16)4-9(17)14(19)12(11)13(7)18/h4-6,16,18,20H,3H2,1-2H3/t5-,6+/m0/s1. The summed E-state index contributed by atoms with van der Waals surface area (Å²) >= 11 is 0. The molecular formula is C15H14O6. The highest BCUT2D eigenvalue weighted by Crippen LogP contribution is 2.48. The van der Waals surface area contributed by atoms with Crippen LogP contribution in [0, 0.1) is 0 Å². The smallest absolute Gasteiger partial charge is 0.237 e. The Morgan fingerprint density at radius 2 is 1.76 bits per heavy atom. The number of ether oxygens (including phenoxy) is 1. The van der Waals surface area contributed by atoms with Crippen molar-refractivity contribution < 1.29 is 29.6 Å².